The third kappa shape index (κ3) is 9.20. The summed E-state index contributed by atoms with van der Waals surface area (Å²) in [5.74, 6) is -1.86. The van der Waals surface area contributed by atoms with Crippen LogP contribution in [0.25, 0.3) is 0 Å². The number of nitrogens with zero attached hydrogens (tertiary/aromatic N) is 1. The van der Waals surface area contributed by atoms with Crippen LogP contribution in [0.4, 0.5) is 4.79 Å². The van der Waals surface area contributed by atoms with Crippen LogP contribution < -0.4 is 16.0 Å². The highest BCUT2D eigenvalue weighted by Gasteiger charge is 2.25. The minimum absolute atomic E-state index is 0.0432. The molecule has 0 fully saturated rings. The fraction of sp³-hybridized carbons (Fsp3) is 0.375. The Labute approximate surface area is 208 Å². The monoisotopic (exact) mass is 502 g/mol. The third-order valence-corrected chi connectivity index (χ3v) is 5.27. The molecule has 3 N–H and O–H groups in total. The molecule has 1 aromatic carbocycles. The Bertz CT molecular complexity index is 1080. The van der Waals surface area contributed by atoms with Crippen molar-refractivity contribution in [3.05, 3.63) is 63.7 Å². The number of esters is 1. The Balaban J connectivity index is 1.98. The zero-order valence-corrected chi connectivity index (χ0v) is 21.2. The van der Waals surface area contributed by atoms with Crippen molar-refractivity contribution in [1.29, 1.82) is 0 Å². The van der Waals surface area contributed by atoms with Crippen molar-refractivity contribution in [2.45, 2.75) is 52.3 Å². The summed E-state index contributed by atoms with van der Waals surface area (Å²) in [6, 6.07) is 8.23. The molecule has 0 spiro atoms. The number of alkyl carbamates (subject to hydrolysis) is 1. The summed E-state index contributed by atoms with van der Waals surface area (Å²) < 4.78 is 9.97. The number of thiazole rings is 1. The number of hydrogen-bond acceptors (Lipinski definition) is 8. The first kappa shape index (κ1) is 27.5. The Morgan fingerprint density at radius 3 is 2.43 bits per heavy atom. The summed E-state index contributed by atoms with van der Waals surface area (Å²) in [5, 5.41) is 9.68. The van der Waals surface area contributed by atoms with E-state index in [0.29, 0.717) is 5.01 Å². The fourth-order valence-electron chi connectivity index (χ4n) is 2.83. The molecule has 2 aromatic rings. The summed E-state index contributed by atoms with van der Waals surface area (Å²) in [5.41, 5.74) is 0.245. The minimum Gasteiger partial charge on any atom is -0.467 e. The first-order valence-corrected chi connectivity index (χ1v) is 11.7. The van der Waals surface area contributed by atoms with E-state index in [4.69, 9.17) is 9.47 Å². The van der Waals surface area contributed by atoms with Gasteiger partial charge in [-0.05, 0) is 33.3 Å². The molecule has 0 radical (unpaired) electrons. The van der Waals surface area contributed by atoms with Crippen LogP contribution in [0.2, 0.25) is 0 Å². The lowest BCUT2D eigenvalue weighted by Gasteiger charge is -2.19. The molecule has 3 amide bonds. The van der Waals surface area contributed by atoms with Crippen LogP contribution in [0.15, 0.2) is 47.5 Å². The largest absolute Gasteiger partial charge is 0.467 e. The zero-order valence-electron chi connectivity index (χ0n) is 20.3. The number of aromatic nitrogens is 1. The van der Waals surface area contributed by atoms with Gasteiger partial charge in [0.2, 0.25) is 0 Å². The Kier molecular flexibility index (Phi) is 9.95. The SMILES string of the molecule is C/C=C(\NC(=O)c1csc(CNC(=O)OC(C)(C)C)n1)C(=O)N[C@@H](Cc1ccccc1)C(=O)OC. The predicted octanol–water partition coefficient (Wildman–Crippen LogP) is 2.70. The molecule has 10 nitrogen and oxygen atoms in total. The molecule has 35 heavy (non-hydrogen) atoms. The first-order valence-electron chi connectivity index (χ1n) is 10.8. The molecule has 0 saturated carbocycles. The average Bonchev–Trinajstić information content (AvgIpc) is 3.29. The molecule has 0 bridgehead atoms. The number of hydrogen-bond donors (Lipinski definition) is 3. The number of allylic oxidation sites excluding steroid dienone is 1. The molecular formula is C24H30N4O6S. The van der Waals surface area contributed by atoms with Crippen molar-refractivity contribution >= 4 is 35.2 Å². The molecular weight excluding hydrogens is 472 g/mol. The van der Waals surface area contributed by atoms with Crippen molar-refractivity contribution < 1.29 is 28.7 Å². The van der Waals surface area contributed by atoms with Crippen LogP contribution in [0.5, 0.6) is 0 Å². The van der Waals surface area contributed by atoms with Gasteiger partial charge >= 0.3 is 12.1 Å². The van der Waals surface area contributed by atoms with E-state index >= 15 is 0 Å². The number of carbonyl (C=O) groups excluding carboxylic acids is 4. The average molecular weight is 503 g/mol. The van der Waals surface area contributed by atoms with Gasteiger partial charge in [-0.25, -0.2) is 14.6 Å². The van der Waals surface area contributed by atoms with Gasteiger partial charge in [-0.1, -0.05) is 36.4 Å². The number of nitrogens with one attached hydrogen (secondary N) is 3. The highest BCUT2D eigenvalue weighted by molar-refractivity contribution is 7.09. The molecule has 0 aliphatic rings. The maximum Gasteiger partial charge on any atom is 0.408 e. The van der Waals surface area contributed by atoms with Gasteiger partial charge < -0.3 is 25.4 Å². The summed E-state index contributed by atoms with van der Waals surface area (Å²) in [7, 11) is 1.24. The zero-order chi connectivity index (χ0) is 26.0. The summed E-state index contributed by atoms with van der Waals surface area (Å²) >= 11 is 1.18. The van der Waals surface area contributed by atoms with Gasteiger partial charge in [0.1, 0.15) is 28.0 Å². The smallest absolute Gasteiger partial charge is 0.408 e. The van der Waals surface area contributed by atoms with E-state index < -0.39 is 35.5 Å². The van der Waals surface area contributed by atoms with Gasteiger partial charge in [0.25, 0.3) is 11.8 Å². The number of methoxy groups -OCH3 is 1. The molecule has 0 unspecified atom stereocenters. The second-order valence-corrected chi connectivity index (χ2v) is 9.32. The van der Waals surface area contributed by atoms with Gasteiger partial charge in [0, 0.05) is 11.8 Å². The lowest BCUT2D eigenvalue weighted by molar-refractivity contribution is -0.144. The molecule has 2 rings (SSSR count). The molecule has 11 heteroatoms. The van der Waals surface area contributed by atoms with Crippen molar-refractivity contribution in [2.75, 3.05) is 7.11 Å². The number of amides is 3. The third-order valence-electron chi connectivity index (χ3n) is 4.42. The van der Waals surface area contributed by atoms with E-state index in [1.54, 1.807) is 27.7 Å². The topological polar surface area (TPSA) is 136 Å². The van der Waals surface area contributed by atoms with Gasteiger partial charge in [-0.2, -0.15) is 0 Å². The molecule has 188 valence electrons. The predicted molar refractivity (Wildman–Crippen MR) is 131 cm³/mol. The second kappa shape index (κ2) is 12.7. The molecule has 0 aliphatic heterocycles. The summed E-state index contributed by atoms with van der Waals surface area (Å²) in [4.78, 5) is 53.6. The van der Waals surface area contributed by atoms with Gasteiger partial charge in [0.05, 0.1) is 13.7 Å². The fourth-order valence-corrected chi connectivity index (χ4v) is 3.54. The maximum absolute atomic E-state index is 12.8. The number of carbonyl (C=O) groups is 4. The van der Waals surface area contributed by atoms with Crippen molar-refractivity contribution in [3.63, 3.8) is 0 Å². The van der Waals surface area contributed by atoms with Crippen molar-refractivity contribution in [1.82, 2.24) is 20.9 Å². The van der Waals surface area contributed by atoms with Crippen LogP contribution in [-0.2, 0) is 32.0 Å². The van der Waals surface area contributed by atoms with Crippen LogP contribution in [0.3, 0.4) is 0 Å². The molecule has 1 heterocycles. The summed E-state index contributed by atoms with van der Waals surface area (Å²) in [6.45, 7) is 6.92. The van der Waals surface area contributed by atoms with Crippen LogP contribution in [0, 0.1) is 0 Å². The lowest BCUT2D eigenvalue weighted by atomic mass is 10.1. The highest BCUT2D eigenvalue weighted by Crippen LogP contribution is 2.12. The van der Waals surface area contributed by atoms with Gasteiger partial charge in [-0.15, -0.1) is 11.3 Å². The number of benzene rings is 1. The molecule has 0 saturated heterocycles. The maximum atomic E-state index is 12.8. The van der Waals surface area contributed by atoms with Gasteiger partial charge in [-0.3, -0.25) is 9.59 Å². The Hall–Kier alpha value is -3.73. The molecule has 1 atom stereocenters. The minimum atomic E-state index is -0.938. The molecule has 0 aliphatic carbocycles. The second-order valence-electron chi connectivity index (χ2n) is 8.38. The highest BCUT2D eigenvalue weighted by atomic mass is 32.1. The van der Waals surface area contributed by atoms with E-state index in [2.05, 4.69) is 20.9 Å². The first-order chi connectivity index (χ1) is 16.5. The van der Waals surface area contributed by atoms with Crippen LogP contribution in [0.1, 0.15) is 48.8 Å². The van der Waals surface area contributed by atoms with E-state index in [1.165, 1.54) is 29.9 Å². The van der Waals surface area contributed by atoms with E-state index in [1.807, 2.05) is 30.3 Å². The van der Waals surface area contributed by atoms with E-state index in [0.717, 1.165) is 5.56 Å². The molecule has 1 aromatic heterocycles. The van der Waals surface area contributed by atoms with E-state index in [-0.39, 0.29) is 24.4 Å². The number of rotatable bonds is 9. The van der Waals surface area contributed by atoms with Crippen molar-refractivity contribution in [3.8, 4) is 0 Å². The van der Waals surface area contributed by atoms with Gasteiger partial charge in [0.15, 0.2) is 0 Å². The lowest BCUT2D eigenvalue weighted by Crippen LogP contribution is -2.46. The Morgan fingerprint density at radius 1 is 1.14 bits per heavy atom. The number of ether oxygens (including phenoxy) is 2. The normalized spacial score (nSPS) is 12.3. The quantitative estimate of drug-likeness (QED) is 0.354. The van der Waals surface area contributed by atoms with Crippen LogP contribution in [-0.4, -0.2) is 47.6 Å². The van der Waals surface area contributed by atoms with Crippen molar-refractivity contribution in [2.24, 2.45) is 0 Å². The van der Waals surface area contributed by atoms with Crippen LogP contribution >= 0.6 is 11.3 Å². The standard InChI is InChI=1S/C24H30N4O6S/c1-6-16(20(29)28-17(22(31)33-5)12-15-10-8-7-9-11-15)27-21(30)18-14-35-19(26-18)13-25-23(32)34-24(2,3)4/h6-11,14,17H,12-13H2,1-5H3,(H,25,32)(H,27,30)(H,28,29)/b16-6-/t17-/m0/s1. The summed E-state index contributed by atoms with van der Waals surface area (Å²) in [6.07, 6.45) is 1.05. The van der Waals surface area contributed by atoms with E-state index in [9.17, 15) is 19.2 Å². The Morgan fingerprint density at radius 2 is 1.83 bits per heavy atom.